The van der Waals surface area contributed by atoms with E-state index in [1.807, 2.05) is 38.1 Å². The summed E-state index contributed by atoms with van der Waals surface area (Å²) >= 11 is 6.11. The maximum absolute atomic E-state index is 13.2. The Morgan fingerprint density at radius 2 is 1.89 bits per heavy atom. The summed E-state index contributed by atoms with van der Waals surface area (Å²) in [4.78, 5) is 14.7. The van der Waals surface area contributed by atoms with Crippen molar-refractivity contribution in [2.75, 3.05) is 13.1 Å². The molecule has 3 rings (SSSR count). The van der Waals surface area contributed by atoms with Gasteiger partial charge >= 0.3 is 0 Å². The molecule has 4 nitrogen and oxygen atoms in total. The number of nitrogens with one attached hydrogen (secondary N) is 1. The molecule has 1 amide bonds. The Bertz CT molecular complexity index is 859. The van der Waals surface area contributed by atoms with E-state index in [0.29, 0.717) is 11.6 Å². The van der Waals surface area contributed by atoms with Crippen molar-refractivity contribution in [1.82, 2.24) is 10.3 Å². The highest BCUT2D eigenvalue weighted by molar-refractivity contribution is 6.31. The molecule has 0 aromatic heterocycles. The Morgan fingerprint density at radius 1 is 1.21 bits per heavy atom. The lowest BCUT2D eigenvalue weighted by Crippen LogP contribution is -2.39. The quantitative estimate of drug-likeness (QED) is 0.590. The molecule has 1 saturated heterocycles. The van der Waals surface area contributed by atoms with Crippen LogP contribution in [0.2, 0.25) is 5.02 Å². The van der Waals surface area contributed by atoms with Crippen molar-refractivity contribution < 1.29 is 9.18 Å². The minimum atomic E-state index is -0.328. The van der Waals surface area contributed by atoms with Crippen LogP contribution in [0.3, 0.4) is 0 Å². The third-order valence-corrected chi connectivity index (χ3v) is 5.52. The highest BCUT2D eigenvalue weighted by atomic mass is 35.5. The topological polar surface area (TPSA) is 44.7 Å². The van der Waals surface area contributed by atoms with Gasteiger partial charge in [-0.05, 0) is 63.0 Å². The minimum absolute atomic E-state index is 0.0362. The lowest BCUT2D eigenvalue weighted by Gasteiger charge is -2.31. The molecule has 28 heavy (non-hydrogen) atoms. The van der Waals surface area contributed by atoms with Crippen molar-refractivity contribution in [2.24, 2.45) is 11.0 Å². The summed E-state index contributed by atoms with van der Waals surface area (Å²) in [6, 6.07) is 12.5. The first-order chi connectivity index (χ1) is 13.4. The van der Waals surface area contributed by atoms with Crippen molar-refractivity contribution in [1.29, 1.82) is 0 Å². The molecule has 6 heteroatoms. The summed E-state index contributed by atoms with van der Waals surface area (Å²) in [5, 5.41) is 4.70. The molecule has 0 saturated carbocycles. The second-order valence-corrected chi connectivity index (χ2v) is 7.73. The molecule has 2 aromatic carbocycles. The van der Waals surface area contributed by atoms with Crippen molar-refractivity contribution >= 4 is 23.2 Å². The van der Waals surface area contributed by atoms with E-state index < -0.39 is 0 Å². The smallest absolute Gasteiger partial charge is 0.243 e. The fourth-order valence-corrected chi connectivity index (χ4v) is 3.56. The van der Waals surface area contributed by atoms with Gasteiger partial charge in [0.1, 0.15) is 5.82 Å². The predicted octanol–water partition coefficient (Wildman–Crippen LogP) is 4.54. The molecule has 0 bridgehead atoms. The van der Waals surface area contributed by atoms with Crippen molar-refractivity contribution in [3.8, 4) is 0 Å². The molecule has 0 unspecified atom stereocenters. The third-order valence-electron chi connectivity index (χ3n) is 5.17. The summed E-state index contributed by atoms with van der Waals surface area (Å²) in [5.41, 5.74) is 6.59. The number of carbonyl (C=O) groups excluding carboxylic acids is 1. The standard InChI is InChI=1S/C22H25ClFN3O/c1-15-3-5-17(6-4-15)16(2)25-26-22(28)18-9-11-27(12-10-18)14-19-7-8-20(24)13-21(19)23/h3-8,13,18H,9-12,14H2,1-2H3,(H,26,28)/b25-16+. The second-order valence-electron chi connectivity index (χ2n) is 7.33. The van der Waals surface area contributed by atoms with Gasteiger partial charge in [-0.1, -0.05) is 47.5 Å². The van der Waals surface area contributed by atoms with Gasteiger partial charge in [0.05, 0.1) is 5.71 Å². The highest BCUT2D eigenvalue weighted by Gasteiger charge is 2.25. The first-order valence-electron chi connectivity index (χ1n) is 9.50. The number of amides is 1. The summed E-state index contributed by atoms with van der Waals surface area (Å²) in [7, 11) is 0. The number of aryl methyl sites for hydroxylation is 1. The average molecular weight is 402 g/mol. The number of halogens is 2. The Balaban J connectivity index is 1.49. The van der Waals surface area contributed by atoms with Crippen LogP contribution in [0.4, 0.5) is 4.39 Å². The van der Waals surface area contributed by atoms with E-state index in [4.69, 9.17) is 11.6 Å². The summed E-state index contributed by atoms with van der Waals surface area (Å²) in [5.74, 6) is -0.411. The molecular formula is C22H25ClFN3O. The Morgan fingerprint density at radius 3 is 2.54 bits per heavy atom. The van der Waals surface area contributed by atoms with E-state index in [1.54, 1.807) is 6.07 Å². The molecule has 0 atom stereocenters. The highest BCUT2D eigenvalue weighted by Crippen LogP contribution is 2.23. The minimum Gasteiger partial charge on any atom is -0.299 e. The molecule has 148 valence electrons. The molecule has 1 aliphatic heterocycles. The maximum atomic E-state index is 13.2. The van der Waals surface area contributed by atoms with Gasteiger partial charge in [-0.2, -0.15) is 5.10 Å². The van der Waals surface area contributed by atoms with Crippen LogP contribution >= 0.6 is 11.6 Å². The molecule has 1 aliphatic rings. The monoisotopic (exact) mass is 401 g/mol. The Hall–Kier alpha value is -2.24. The maximum Gasteiger partial charge on any atom is 0.243 e. The number of hydrogen-bond donors (Lipinski definition) is 1. The lowest BCUT2D eigenvalue weighted by molar-refractivity contribution is -0.126. The molecule has 0 aliphatic carbocycles. The van der Waals surface area contributed by atoms with E-state index in [9.17, 15) is 9.18 Å². The number of nitrogens with zero attached hydrogens (tertiary/aromatic N) is 2. The lowest BCUT2D eigenvalue weighted by atomic mass is 9.96. The van der Waals surface area contributed by atoms with Gasteiger partial charge < -0.3 is 0 Å². The van der Waals surface area contributed by atoms with Crippen LogP contribution in [-0.4, -0.2) is 29.6 Å². The predicted molar refractivity (Wildman–Crippen MR) is 111 cm³/mol. The van der Waals surface area contributed by atoms with Crippen molar-refractivity contribution in [3.05, 3.63) is 70.0 Å². The van der Waals surface area contributed by atoms with E-state index >= 15 is 0 Å². The molecule has 1 heterocycles. The van der Waals surface area contributed by atoms with Gasteiger partial charge in [0.25, 0.3) is 0 Å². The van der Waals surface area contributed by atoms with Crippen LogP contribution in [0, 0.1) is 18.7 Å². The summed E-state index contributed by atoms with van der Waals surface area (Å²) in [6.07, 6.45) is 1.54. The van der Waals surface area contributed by atoms with Gasteiger partial charge in [-0.15, -0.1) is 0 Å². The molecule has 2 aromatic rings. The van der Waals surface area contributed by atoms with E-state index in [1.165, 1.54) is 17.7 Å². The zero-order valence-corrected chi connectivity index (χ0v) is 17.0. The zero-order valence-electron chi connectivity index (χ0n) is 16.2. The van der Waals surface area contributed by atoms with Crippen LogP contribution in [0.5, 0.6) is 0 Å². The largest absolute Gasteiger partial charge is 0.299 e. The fraction of sp³-hybridized carbons (Fsp3) is 0.364. The number of likely N-dealkylation sites (tertiary alicyclic amines) is 1. The number of hydrogen-bond acceptors (Lipinski definition) is 3. The van der Waals surface area contributed by atoms with Crippen LogP contribution in [0.15, 0.2) is 47.6 Å². The molecule has 0 spiro atoms. The molecular weight excluding hydrogens is 377 g/mol. The number of benzene rings is 2. The summed E-state index contributed by atoms with van der Waals surface area (Å²) < 4.78 is 13.2. The van der Waals surface area contributed by atoms with Crippen LogP contribution in [-0.2, 0) is 11.3 Å². The van der Waals surface area contributed by atoms with Gasteiger partial charge in [-0.25, -0.2) is 9.82 Å². The number of piperidine rings is 1. The Labute approximate surface area is 170 Å². The van der Waals surface area contributed by atoms with Crippen molar-refractivity contribution in [2.45, 2.75) is 33.2 Å². The average Bonchev–Trinajstić information content (AvgIpc) is 2.69. The van der Waals surface area contributed by atoms with Gasteiger partial charge in [0.15, 0.2) is 0 Å². The number of carbonyl (C=O) groups is 1. The van der Waals surface area contributed by atoms with Gasteiger partial charge in [0.2, 0.25) is 5.91 Å². The number of rotatable bonds is 5. The molecule has 0 radical (unpaired) electrons. The van der Waals surface area contributed by atoms with E-state index in [-0.39, 0.29) is 17.6 Å². The van der Waals surface area contributed by atoms with Crippen LogP contribution in [0.1, 0.15) is 36.5 Å². The third kappa shape index (κ3) is 5.40. The first kappa shape index (κ1) is 20.5. The van der Waals surface area contributed by atoms with Gasteiger partial charge in [-0.3, -0.25) is 9.69 Å². The van der Waals surface area contributed by atoms with E-state index in [2.05, 4.69) is 15.4 Å². The number of hydrazone groups is 1. The summed E-state index contributed by atoms with van der Waals surface area (Å²) in [6.45, 7) is 6.19. The normalized spacial score (nSPS) is 16.2. The molecule has 1 fully saturated rings. The first-order valence-corrected chi connectivity index (χ1v) is 9.87. The Kier molecular flexibility index (Phi) is 6.81. The SMILES string of the molecule is C/C(=N\NC(=O)C1CCN(Cc2ccc(F)cc2Cl)CC1)c1ccc(C)cc1. The van der Waals surface area contributed by atoms with Gasteiger partial charge in [0, 0.05) is 17.5 Å². The zero-order chi connectivity index (χ0) is 20.1. The fourth-order valence-electron chi connectivity index (χ4n) is 3.33. The van der Waals surface area contributed by atoms with Crippen LogP contribution in [0.25, 0.3) is 0 Å². The second kappa shape index (κ2) is 9.30. The van der Waals surface area contributed by atoms with Crippen molar-refractivity contribution in [3.63, 3.8) is 0 Å². The van der Waals surface area contributed by atoms with Crippen LogP contribution < -0.4 is 5.43 Å². The van der Waals surface area contributed by atoms with E-state index in [0.717, 1.165) is 42.8 Å². The molecule has 1 N–H and O–H groups in total.